The molecular formula is C14H13BrO2Zn. The van der Waals surface area contributed by atoms with Crippen LogP contribution in [0.2, 0.25) is 0 Å². The van der Waals surface area contributed by atoms with Crippen molar-refractivity contribution in [1.82, 2.24) is 0 Å². The molecule has 0 aliphatic rings. The zero-order valence-electron chi connectivity index (χ0n) is 10.2. The van der Waals surface area contributed by atoms with E-state index in [1.807, 2.05) is 48.5 Å². The molecule has 0 atom stereocenters. The Kier molecular flexibility index (Phi) is 7.71. The van der Waals surface area contributed by atoms with E-state index in [-0.39, 0.29) is 0 Å². The minimum atomic E-state index is 0.501. The molecule has 0 aliphatic heterocycles. The van der Waals surface area contributed by atoms with Gasteiger partial charge in [-0.2, -0.15) is 30.3 Å². The first-order valence-electron chi connectivity index (χ1n) is 5.38. The van der Waals surface area contributed by atoms with Crippen LogP contribution in [0.25, 0.3) is 0 Å². The van der Waals surface area contributed by atoms with Gasteiger partial charge in [0.25, 0.3) is 0 Å². The Labute approximate surface area is 124 Å². The SMILES string of the molecule is COc1ccccc1OCc1[c-]cccc1.[Zn+][Br]. The van der Waals surface area contributed by atoms with Crippen molar-refractivity contribution in [3.8, 4) is 11.5 Å². The van der Waals surface area contributed by atoms with Crippen LogP contribution in [0.15, 0.2) is 48.5 Å². The number of ether oxygens (including phenoxy) is 2. The van der Waals surface area contributed by atoms with Crippen molar-refractivity contribution in [1.29, 1.82) is 0 Å². The van der Waals surface area contributed by atoms with Crippen LogP contribution < -0.4 is 9.47 Å². The zero-order chi connectivity index (χ0) is 13.2. The van der Waals surface area contributed by atoms with Crippen LogP contribution in [0.3, 0.4) is 0 Å². The molecule has 0 fully saturated rings. The second kappa shape index (κ2) is 9.12. The first-order valence-corrected chi connectivity index (χ1v) is 12.3. The van der Waals surface area contributed by atoms with Crippen LogP contribution in [0.5, 0.6) is 11.5 Å². The average molecular weight is 359 g/mol. The number of hydrogen-bond donors (Lipinski definition) is 0. The van der Waals surface area contributed by atoms with Gasteiger partial charge in [0.15, 0.2) is 11.5 Å². The predicted molar refractivity (Wildman–Crippen MR) is 71.5 cm³/mol. The number of methoxy groups -OCH3 is 1. The van der Waals surface area contributed by atoms with Gasteiger partial charge >= 0.3 is 30.0 Å². The summed E-state index contributed by atoms with van der Waals surface area (Å²) < 4.78 is 10.9. The molecule has 4 heteroatoms. The summed E-state index contributed by atoms with van der Waals surface area (Å²) in [5, 5.41) is 0. The van der Waals surface area contributed by atoms with Crippen molar-refractivity contribution >= 4 is 13.6 Å². The summed E-state index contributed by atoms with van der Waals surface area (Å²) in [7, 11) is 1.64. The van der Waals surface area contributed by atoms with Gasteiger partial charge in [-0.25, -0.2) is 0 Å². The standard InChI is InChI=1S/C14H13O2.BrH.Zn/c1-15-13-9-5-6-10-14(13)16-11-12-7-3-2-4-8-12;;/h2-7,9-10H,11H2,1H3;1H;/q-1;;+2/p-1. The molecule has 18 heavy (non-hydrogen) atoms. The maximum absolute atomic E-state index is 5.66. The van der Waals surface area contributed by atoms with E-state index in [0.29, 0.717) is 6.61 Å². The van der Waals surface area contributed by atoms with Gasteiger partial charge in [-0.15, -0.1) is 5.56 Å². The minimum absolute atomic E-state index is 0.501. The molecule has 0 aromatic heterocycles. The van der Waals surface area contributed by atoms with E-state index in [1.165, 1.54) is 16.3 Å². The molecule has 0 saturated carbocycles. The van der Waals surface area contributed by atoms with Gasteiger partial charge in [0, 0.05) is 0 Å². The van der Waals surface area contributed by atoms with Gasteiger partial charge in [0.1, 0.15) is 0 Å². The second-order valence-corrected chi connectivity index (χ2v) is 3.33. The Morgan fingerprint density at radius 3 is 2.33 bits per heavy atom. The maximum atomic E-state index is 5.66. The molecule has 2 aromatic carbocycles. The Balaban J connectivity index is 0.000000771. The third kappa shape index (κ3) is 4.79. The summed E-state index contributed by atoms with van der Waals surface area (Å²) in [5.74, 6) is 1.50. The van der Waals surface area contributed by atoms with Crippen molar-refractivity contribution in [2.75, 3.05) is 7.11 Å². The van der Waals surface area contributed by atoms with E-state index >= 15 is 0 Å². The third-order valence-corrected chi connectivity index (χ3v) is 2.23. The van der Waals surface area contributed by atoms with Crippen molar-refractivity contribution < 1.29 is 25.8 Å². The van der Waals surface area contributed by atoms with Crippen molar-refractivity contribution in [3.05, 3.63) is 60.2 Å². The second-order valence-electron chi connectivity index (χ2n) is 3.33. The molecule has 0 unspecified atom stereocenters. The Hall–Kier alpha value is -0.857. The molecule has 0 amide bonds. The fraction of sp³-hybridized carbons (Fsp3) is 0.143. The quantitative estimate of drug-likeness (QED) is 0.609. The summed E-state index contributed by atoms with van der Waals surface area (Å²) in [5.41, 5.74) is 1.02. The number of hydrogen-bond acceptors (Lipinski definition) is 2. The number of benzene rings is 2. The molecule has 0 saturated heterocycles. The Bertz CT molecular complexity index is 449. The molecule has 0 aliphatic carbocycles. The molecule has 0 heterocycles. The first-order chi connectivity index (χ1) is 8.90. The summed E-state index contributed by atoms with van der Waals surface area (Å²) in [4.78, 5) is 0. The van der Waals surface area contributed by atoms with Gasteiger partial charge in [0.05, 0.1) is 13.7 Å². The van der Waals surface area contributed by atoms with Gasteiger partial charge in [-0.05, 0) is 12.1 Å². The van der Waals surface area contributed by atoms with E-state index in [9.17, 15) is 0 Å². The van der Waals surface area contributed by atoms with Gasteiger partial charge < -0.3 is 9.47 Å². The molecular weight excluding hydrogens is 345 g/mol. The molecule has 2 aromatic rings. The van der Waals surface area contributed by atoms with Gasteiger partial charge in [0.2, 0.25) is 0 Å². The summed E-state index contributed by atoms with van der Waals surface area (Å²) >= 11 is 4.25. The van der Waals surface area contributed by atoms with Crippen molar-refractivity contribution in [3.63, 3.8) is 0 Å². The van der Waals surface area contributed by atoms with Crippen molar-refractivity contribution in [2.24, 2.45) is 0 Å². The van der Waals surface area contributed by atoms with Crippen LogP contribution in [-0.2, 0) is 22.9 Å². The van der Waals surface area contributed by atoms with Crippen molar-refractivity contribution in [2.45, 2.75) is 6.61 Å². The fourth-order valence-corrected chi connectivity index (χ4v) is 1.41. The van der Waals surface area contributed by atoms with Crippen LogP contribution in [-0.4, -0.2) is 7.11 Å². The number of halogens is 1. The Morgan fingerprint density at radius 2 is 1.72 bits per heavy atom. The predicted octanol–water partition coefficient (Wildman–Crippen LogP) is 3.92. The van der Waals surface area contributed by atoms with E-state index in [2.05, 4.69) is 19.7 Å². The van der Waals surface area contributed by atoms with Crippen LogP contribution in [0.1, 0.15) is 5.56 Å². The number of rotatable bonds is 4. The summed E-state index contributed by atoms with van der Waals surface area (Å²) in [6.07, 6.45) is 0. The molecule has 90 valence electrons. The molecule has 0 bridgehead atoms. The molecule has 0 radical (unpaired) electrons. The van der Waals surface area contributed by atoms with Crippen LogP contribution >= 0.6 is 13.6 Å². The molecule has 0 spiro atoms. The fourth-order valence-electron chi connectivity index (χ4n) is 1.41. The zero-order valence-corrected chi connectivity index (χ0v) is 14.8. The molecule has 2 rings (SSSR count). The van der Waals surface area contributed by atoms with E-state index in [4.69, 9.17) is 9.47 Å². The van der Waals surface area contributed by atoms with E-state index < -0.39 is 0 Å². The first kappa shape index (κ1) is 15.2. The normalized spacial score (nSPS) is 9.11. The summed E-state index contributed by atoms with van der Waals surface area (Å²) in [6.45, 7) is 0.501. The van der Waals surface area contributed by atoms with E-state index in [1.54, 1.807) is 7.11 Å². The van der Waals surface area contributed by atoms with Gasteiger partial charge in [-0.3, -0.25) is 0 Å². The third-order valence-electron chi connectivity index (χ3n) is 2.23. The van der Waals surface area contributed by atoms with E-state index in [0.717, 1.165) is 17.1 Å². The monoisotopic (exact) mass is 356 g/mol. The topological polar surface area (TPSA) is 18.5 Å². The van der Waals surface area contributed by atoms with Crippen LogP contribution in [0, 0.1) is 6.07 Å². The average Bonchev–Trinajstić information content (AvgIpc) is 2.48. The summed E-state index contributed by atoms with van der Waals surface area (Å²) in [6, 6.07) is 18.5. The Morgan fingerprint density at radius 1 is 1.06 bits per heavy atom. The molecule has 2 nitrogen and oxygen atoms in total. The van der Waals surface area contributed by atoms with Gasteiger partial charge in [-0.1, -0.05) is 12.1 Å². The van der Waals surface area contributed by atoms with Crippen LogP contribution in [0.4, 0.5) is 0 Å². The molecule has 0 N–H and O–H groups in total. The number of para-hydroxylation sites is 2.